The number of hydrogen-bond donors (Lipinski definition) is 2. The quantitative estimate of drug-likeness (QED) is 0.845. The fraction of sp³-hybridized carbons (Fsp3) is 0.647. The first-order valence-electron chi connectivity index (χ1n) is 8.09. The summed E-state index contributed by atoms with van der Waals surface area (Å²) in [6, 6.07) is 4.25. The summed E-state index contributed by atoms with van der Waals surface area (Å²) in [5.74, 6) is 1.06. The van der Waals surface area contributed by atoms with Gasteiger partial charge in [0.15, 0.2) is 0 Å². The fourth-order valence-electron chi connectivity index (χ4n) is 2.82. The second-order valence-electron chi connectivity index (χ2n) is 6.41. The van der Waals surface area contributed by atoms with Crippen molar-refractivity contribution in [2.75, 3.05) is 11.9 Å². The molecule has 21 heavy (non-hydrogen) atoms. The lowest BCUT2D eigenvalue weighted by Crippen LogP contribution is -2.37. The number of nitrogens with zero attached hydrogens (tertiary/aromatic N) is 1. The second kappa shape index (κ2) is 8.13. The van der Waals surface area contributed by atoms with E-state index < -0.39 is 0 Å². The first-order chi connectivity index (χ1) is 10.1. The van der Waals surface area contributed by atoms with Crippen LogP contribution in [0.25, 0.3) is 0 Å². The van der Waals surface area contributed by atoms with Crippen molar-refractivity contribution in [3.8, 4) is 0 Å². The van der Waals surface area contributed by atoms with E-state index in [1.807, 2.05) is 12.1 Å². The first kappa shape index (κ1) is 16.0. The van der Waals surface area contributed by atoms with Crippen LogP contribution in [0.4, 0.5) is 5.69 Å². The monoisotopic (exact) mass is 289 g/mol. The summed E-state index contributed by atoms with van der Waals surface area (Å²) in [5, 5.41) is 6.61. The van der Waals surface area contributed by atoms with Gasteiger partial charge in [-0.3, -0.25) is 9.78 Å². The van der Waals surface area contributed by atoms with Crippen molar-refractivity contribution in [3.05, 3.63) is 24.5 Å². The Hall–Kier alpha value is -1.42. The highest BCUT2D eigenvalue weighted by molar-refractivity contribution is 5.92. The minimum atomic E-state index is 0.154. The predicted molar refractivity (Wildman–Crippen MR) is 86.1 cm³/mol. The van der Waals surface area contributed by atoms with E-state index in [-0.39, 0.29) is 11.8 Å². The Balaban J connectivity index is 1.69. The summed E-state index contributed by atoms with van der Waals surface area (Å²) in [6.07, 6.45) is 8.80. The maximum absolute atomic E-state index is 12.2. The Kier molecular flexibility index (Phi) is 6.18. The number of rotatable bonds is 6. The molecule has 116 valence electrons. The Morgan fingerprint density at radius 2 is 1.90 bits per heavy atom. The standard InChI is InChI=1S/C17H27N3O/c1-13(2)7-12-19-15-5-3-14(4-6-15)17(21)20-16-8-10-18-11-9-16/h8-11,13-15,19H,3-7,12H2,1-2H3,(H,18,20,21). The number of amides is 1. The molecule has 1 heterocycles. The van der Waals surface area contributed by atoms with E-state index in [1.54, 1.807) is 12.4 Å². The van der Waals surface area contributed by atoms with E-state index in [2.05, 4.69) is 29.5 Å². The van der Waals surface area contributed by atoms with E-state index in [1.165, 1.54) is 6.42 Å². The van der Waals surface area contributed by atoms with Gasteiger partial charge in [-0.15, -0.1) is 0 Å². The molecule has 0 radical (unpaired) electrons. The van der Waals surface area contributed by atoms with Gasteiger partial charge in [-0.1, -0.05) is 13.8 Å². The summed E-state index contributed by atoms with van der Waals surface area (Å²) in [5.41, 5.74) is 0.840. The van der Waals surface area contributed by atoms with Crippen LogP contribution in [-0.2, 0) is 4.79 Å². The average Bonchev–Trinajstić information content (AvgIpc) is 2.48. The lowest BCUT2D eigenvalue weighted by Gasteiger charge is -2.28. The number of pyridine rings is 1. The molecule has 2 rings (SSSR count). The molecule has 0 unspecified atom stereocenters. The van der Waals surface area contributed by atoms with Crippen LogP contribution in [0.2, 0.25) is 0 Å². The van der Waals surface area contributed by atoms with Crippen molar-refractivity contribution >= 4 is 11.6 Å². The normalized spacial score (nSPS) is 22.2. The molecule has 2 N–H and O–H groups in total. The van der Waals surface area contributed by atoms with Crippen LogP contribution in [-0.4, -0.2) is 23.5 Å². The maximum Gasteiger partial charge on any atom is 0.227 e. The molecule has 0 atom stereocenters. The van der Waals surface area contributed by atoms with Crippen LogP contribution in [0.1, 0.15) is 46.0 Å². The molecule has 1 aromatic rings. The number of carbonyl (C=O) groups excluding carboxylic acids is 1. The summed E-state index contributed by atoms with van der Waals surface area (Å²) < 4.78 is 0. The molecule has 1 saturated carbocycles. The molecule has 0 saturated heterocycles. The first-order valence-corrected chi connectivity index (χ1v) is 8.09. The molecule has 0 bridgehead atoms. The third-order valence-corrected chi connectivity index (χ3v) is 4.20. The minimum Gasteiger partial charge on any atom is -0.326 e. The summed E-state index contributed by atoms with van der Waals surface area (Å²) in [4.78, 5) is 16.2. The van der Waals surface area contributed by atoms with Gasteiger partial charge in [-0.2, -0.15) is 0 Å². The lowest BCUT2D eigenvalue weighted by atomic mass is 9.85. The van der Waals surface area contributed by atoms with Crippen molar-refractivity contribution in [1.29, 1.82) is 0 Å². The molecule has 0 spiro atoms. The Morgan fingerprint density at radius 3 is 2.52 bits per heavy atom. The van der Waals surface area contributed by atoms with Gasteiger partial charge in [0.2, 0.25) is 5.91 Å². The van der Waals surface area contributed by atoms with E-state index in [9.17, 15) is 4.79 Å². The zero-order valence-electron chi connectivity index (χ0n) is 13.1. The topological polar surface area (TPSA) is 54.0 Å². The molecule has 0 aliphatic heterocycles. The number of anilines is 1. The highest BCUT2D eigenvalue weighted by Crippen LogP contribution is 2.25. The van der Waals surface area contributed by atoms with Crippen molar-refractivity contribution in [3.63, 3.8) is 0 Å². The minimum absolute atomic E-state index is 0.154. The van der Waals surface area contributed by atoms with Gasteiger partial charge >= 0.3 is 0 Å². The van der Waals surface area contributed by atoms with Crippen LogP contribution < -0.4 is 10.6 Å². The molecule has 4 heteroatoms. The fourth-order valence-corrected chi connectivity index (χ4v) is 2.82. The summed E-state index contributed by atoms with van der Waals surface area (Å²) in [7, 11) is 0. The van der Waals surface area contributed by atoms with Crippen LogP contribution >= 0.6 is 0 Å². The van der Waals surface area contributed by atoms with Gasteiger partial charge in [0.05, 0.1) is 0 Å². The van der Waals surface area contributed by atoms with Crippen molar-refractivity contribution in [2.24, 2.45) is 11.8 Å². The lowest BCUT2D eigenvalue weighted by molar-refractivity contribution is -0.120. The van der Waals surface area contributed by atoms with E-state index >= 15 is 0 Å². The zero-order chi connectivity index (χ0) is 15.1. The molecule has 1 aliphatic carbocycles. The van der Waals surface area contributed by atoms with E-state index in [0.29, 0.717) is 6.04 Å². The largest absolute Gasteiger partial charge is 0.326 e. The van der Waals surface area contributed by atoms with Gasteiger partial charge in [-0.05, 0) is 56.7 Å². The molecular formula is C17H27N3O. The molecular weight excluding hydrogens is 262 g/mol. The Morgan fingerprint density at radius 1 is 1.24 bits per heavy atom. The third kappa shape index (κ3) is 5.46. The van der Waals surface area contributed by atoms with Crippen LogP contribution in [0.3, 0.4) is 0 Å². The van der Waals surface area contributed by atoms with E-state index in [4.69, 9.17) is 0 Å². The number of aromatic nitrogens is 1. The SMILES string of the molecule is CC(C)CCNC1CCC(C(=O)Nc2ccncc2)CC1. The Labute approximate surface area is 127 Å². The molecule has 1 fully saturated rings. The highest BCUT2D eigenvalue weighted by atomic mass is 16.1. The van der Waals surface area contributed by atoms with Crippen LogP contribution in [0.15, 0.2) is 24.5 Å². The van der Waals surface area contributed by atoms with Crippen LogP contribution in [0.5, 0.6) is 0 Å². The molecule has 1 amide bonds. The van der Waals surface area contributed by atoms with E-state index in [0.717, 1.165) is 43.8 Å². The second-order valence-corrected chi connectivity index (χ2v) is 6.41. The Bertz CT molecular complexity index is 425. The average molecular weight is 289 g/mol. The smallest absolute Gasteiger partial charge is 0.227 e. The molecule has 0 aromatic carbocycles. The van der Waals surface area contributed by atoms with Gasteiger partial charge < -0.3 is 10.6 Å². The molecule has 4 nitrogen and oxygen atoms in total. The van der Waals surface area contributed by atoms with Gasteiger partial charge in [0.1, 0.15) is 0 Å². The number of nitrogens with one attached hydrogen (secondary N) is 2. The van der Waals surface area contributed by atoms with Crippen molar-refractivity contribution in [1.82, 2.24) is 10.3 Å². The molecule has 1 aliphatic rings. The van der Waals surface area contributed by atoms with Gasteiger partial charge in [-0.25, -0.2) is 0 Å². The van der Waals surface area contributed by atoms with Crippen LogP contribution in [0, 0.1) is 11.8 Å². The third-order valence-electron chi connectivity index (χ3n) is 4.20. The summed E-state index contributed by atoms with van der Waals surface area (Å²) in [6.45, 7) is 5.60. The zero-order valence-corrected chi connectivity index (χ0v) is 13.1. The maximum atomic E-state index is 12.2. The summed E-state index contributed by atoms with van der Waals surface area (Å²) >= 11 is 0. The number of carbonyl (C=O) groups is 1. The predicted octanol–water partition coefficient (Wildman–Crippen LogP) is 3.21. The van der Waals surface area contributed by atoms with Gasteiger partial charge in [0.25, 0.3) is 0 Å². The van der Waals surface area contributed by atoms with Crippen molar-refractivity contribution in [2.45, 2.75) is 52.0 Å². The van der Waals surface area contributed by atoms with Crippen molar-refractivity contribution < 1.29 is 4.79 Å². The highest BCUT2D eigenvalue weighted by Gasteiger charge is 2.25. The molecule has 1 aromatic heterocycles. The number of hydrogen-bond acceptors (Lipinski definition) is 3. The van der Waals surface area contributed by atoms with Gasteiger partial charge in [0, 0.05) is 30.0 Å².